The van der Waals surface area contributed by atoms with Crippen molar-refractivity contribution in [3.63, 3.8) is 0 Å². The standard InChI is InChI=1S/C40H25N3O2/c1-3-13-26(14-4-1)37-41-38(27-15-5-2-6-16-27)43-39(42-37)28-17-11-18-29(25-28)40-30-19-7-9-21-32(30)44-34-23-12-24-35(36(34)40)45-33-22-10-8-20-31(33)40/h1-25H. The minimum absolute atomic E-state index is 0.607. The van der Waals surface area contributed by atoms with Crippen LogP contribution in [0.2, 0.25) is 0 Å². The van der Waals surface area contributed by atoms with Gasteiger partial charge in [-0.15, -0.1) is 0 Å². The van der Waals surface area contributed by atoms with Crippen LogP contribution in [0.1, 0.15) is 22.3 Å². The molecule has 3 heterocycles. The Morgan fingerprint density at radius 1 is 0.378 bits per heavy atom. The van der Waals surface area contributed by atoms with Gasteiger partial charge in [0.2, 0.25) is 0 Å². The van der Waals surface area contributed by atoms with Crippen molar-refractivity contribution in [3.8, 4) is 57.2 Å². The van der Waals surface area contributed by atoms with Crippen LogP contribution in [-0.2, 0) is 5.41 Å². The van der Waals surface area contributed by atoms with Crippen LogP contribution in [0.3, 0.4) is 0 Å². The Kier molecular flexibility index (Phi) is 5.65. The lowest BCUT2D eigenvalue weighted by Crippen LogP contribution is -2.37. The van der Waals surface area contributed by atoms with Crippen LogP contribution in [0.5, 0.6) is 23.0 Å². The van der Waals surface area contributed by atoms with E-state index in [0.717, 1.165) is 61.9 Å². The van der Waals surface area contributed by atoms with Crippen molar-refractivity contribution in [2.24, 2.45) is 0 Å². The molecular formula is C40H25N3O2. The normalized spacial score (nSPS) is 13.4. The average Bonchev–Trinajstić information content (AvgIpc) is 3.12. The second-order valence-corrected chi connectivity index (χ2v) is 11.2. The fourth-order valence-electron chi connectivity index (χ4n) is 6.72. The van der Waals surface area contributed by atoms with Gasteiger partial charge in [0.05, 0.1) is 11.0 Å². The number of rotatable bonds is 4. The summed E-state index contributed by atoms with van der Waals surface area (Å²) in [5.41, 5.74) is 6.25. The third-order valence-corrected chi connectivity index (χ3v) is 8.64. The van der Waals surface area contributed by atoms with Crippen molar-refractivity contribution in [2.45, 2.75) is 5.41 Å². The molecule has 0 spiro atoms. The largest absolute Gasteiger partial charge is 0.457 e. The van der Waals surface area contributed by atoms with Gasteiger partial charge in [0.1, 0.15) is 23.0 Å². The molecule has 0 radical (unpaired) electrons. The van der Waals surface area contributed by atoms with Crippen LogP contribution in [-0.4, -0.2) is 15.0 Å². The predicted molar refractivity (Wildman–Crippen MR) is 175 cm³/mol. The molecular weight excluding hydrogens is 554 g/mol. The minimum atomic E-state index is -0.691. The van der Waals surface area contributed by atoms with Crippen LogP contribution in [0, 0.1) is 0 Å². The Balaban J connectivity index is 1.32. The van der Waals surface area contributed by atoms with Gasteiger partial charge >= 0.3 is 0 Å². The molecule has 7 aromatic rings. The first kappa shape index (κ1) is 25.4. The lowest BCUT2D eigenvalue weighted by Gasteiger charge is -2.45. The lowest BCUT2D eigenvalue weighted by molar-refractivity contribution is 0.385. The molecule has 0 fully saturated rings. The maximum Gasteiger partial charge on any atom is 0.164 e. The highest BCUT2D eigenvalue weighted by atomic mass is 16.5. The molecule has 1 aromatic heterocycles. The van der Waals surface area contributed by atoms with Gasteiger partial charge in [-0.25, -0.2) is 15.0 Å². The number of nitrogens with zero attached hydrogens (tertiary/aromatic N) is 3. The van der Waals surface area contributed by atoms with E-state index in [-0.39, 0.29) is 0 Å². The van der Waals surface area contributed by atoms with Crippen LogP contribution in [0.25, 0.3) is 34.2 Å². The molecule has 212 valence electrons. The Hall–Kier alpha value is -6.07. The molecule has 9 rings (SSSR count). The lowest BCUT2D eigenvalue weighted by atomic mass is 9.62. The summed E-state index contributed by atoms with van der Waals surface area (Å²) < 4.78 is 13.0. The Morgan fingerprint density at radius 2 is 0.800 bits per heavy atom. The van der Waals surface area contributed by atoms with Gasteiger partial charge in [-0.3, -0.25) is 0 Å². The molecule has 45 heavy (non-hydrogen) atoms. The molecule has 5 nitrogen and oxygen atoms in total. The van der Waals surface area contributed by atoms with Crippen molar-refractivity contribution in [3.05, 3.63) is 174 Å². The third kappa shape index (κ3) is 3.91. The number of fused-ring (bicyclic) bond motifs is 4. The highest BCUT2D eigenvalue weighted by molar-refractivity contribution is 5.77. The first-order valence-electron chi connectivity index (χ1n) is 14.9. The van der Waals surface area contributed by atoms with Crippen LogP contribution < -0.4 is 9.47 Å². The van der Waals surface area contributed by atoms with Crippen LogP contribution >= 0.6 is 0 Å². The molecule has 0 unspecified atom stereocenters. The number of hydrogen-bond donors (Lipinski definition) is 0. The van der Waals surface area contributed by atoms with Crippen molar-refractivity contribution in [1.29, 1.82) is 0 Å². The number of benzene rings is 6. The average molecular weight is 580 g/mol. The summed E-state index contributed by atoms with van der Waals surface area (Å²) in [5.74, 6) is 5.07. The zero-order valence-electron chi connectivity index (χ0n) is 24.1. The molecule has 6 aromatic carbocycles. The molecule has 0 N–H and O–H groups in total. The molecule has 0 bridgehead atoms. The third-order valence-electron chi connectivity index (χ3n) is 8.64. The molecule has 0 atom stereocenters. The van der Waals surface area contributed by atoms with E-state index in [1.54, 1.807) is 0 Å². The highest BCUT2D eigenvalue weighted by Crippen LogP contribution is 2.62. The van der Waals surface area contributed by atoms with E-state index in [2.05, 4.69) is 48.5 Å². The molecule has 2 aliphatic heterocycles. The summed E-state index contributed by atoms with van der Waals surface area (Å²) in [4.78, 5) is 15.0. The van der Waals surface area contributed by atoms with Gasteiger partial charge in [0.15, 0.2) is 17.5 Å². The maximum atomic E-state index is 6.52. The number of hydrogen-bond acceptors (Lipinski definition) is 5. The van der Waals surface area contributed by atoms with Gasteiger partial charge in [-0.1, -0.05) is 121 Å². The number of aromatic nitrogens is 3. The summed E-state index contributed by atoms with van der Waals surface area (Å²) in [5, 5.41) is 0. The van der Waals surface area contributed by atoms with E-state index >= 15 is 0 Å². The van der Waals surface area contributed by atoms with Crippen LogP contribution in [0.4, 0.5) is 0 Å². The van der Waals surface area contributed by atoms with E-state index in [1.807, 2.05) is 103 Å². The maximum absolute atomic E-state index is 6.52. The second kappa shape index (κ2) is 10.00. The molecule has 0 saturated carbocycles. The zero-order valence-corrected chi connectivity index (χ0v) is 24.1. The summed E-state index contributed by atoms with van der Waals surface area (Å²) >= 11 is 0. The quantitative estimate of drug-likeness (QED) is 0.208. The van der Waals surface area contributed by atoms with Crippen molar-refractivity contribution < 1.29 is 9.47 Å². The number of para-hydroxylation sites is 2. The summed E-state index contributed by atoms with van der Waals surface area (Å²) in [6.45, 7) is 0. The summed E-state index contributed by atoms with van der Waals surface area (Å²) in [6.07, 6.45) is 0. The van der Waals surface area contributed by atoms with Crippen LogP contribution in [0.15, 0.2) is 152 Å². The van der Waals surface area contributed by atoms with Crippen molar-refractivity contribution in [2.75, 3.05) is 0 Å². The fraction of sp³-hybridized carbons (Fsp3) is 0.0250. The molecule has 5 heteroatoms. The molecule has 0 aliphatic carbocycles. The Morgan fingerprint density at radius 3 is 1.36 bits per heavy atom. The van der Waals surface area contributed by atoms with Gasteiger partial charge in [0, 0.05) is 27.8 Å². The van der Waals surface area contributed by atoms with Gasteiger partial charge < -0.3 is 9.47 Å². The van der Waals surface area contributed by atoms with Gasteiger partial charge in [-0.05, 0) is 35.9 Å². The zero-order chi connectivity index (χ0) is 29.8. The van der Waals surface area contributed by atoms with E-state index in [0.29, 0.717) is 17.5 Å². The SMILES string of the molecule is c1ccc(-c2nc(-c3ccccc3)nc(-c3cccc(C45c6ccccc6Oc6cccc(c64)Oc4ccccc45)c3)n2)cc1. The predicted octanol–water partition coefficient (Wildman–Crippen LogP) is 9.47. The number of ether oxygens (including phenoxy) is 2. The van der Waals surface area contributed by atoms with E-state index in [9.17, 15) is 0 Å². The Bertz CT molecular complexity index is 2110. The second-order valence-electron chi connectivity index (χ2n) is 11.2. The van der Waals surface area contributed by atoms with E-state index in [4.69, 9.17) is 24.4 Å². The minimum Gasteiger partial charge on any atom is -0.457 e. The monoisotopic (exact) mass is 579 g/mol. The molecule has 2 aliphatic rings. The smallest absolute Gasteiger partial charge is 0.164 e. The first-order valence-corrected chi connectivity index (χ1v) is 14.9. The molecule has 0 amide bonds. The highest BCUT2D eigenvalue weighted by Gasteiger charge is 2.51. The van der Waals surface area contributed by atoms with E-state index in [1.165, 1.54) is 0 Å². The van der Waals surface area contributed by atoms with Crippen molar-refractivity contribution >= 4 is 0 Å². The summed E-state index contributed by atoms with van der Waals surface area (Å²) in [6, 6.07) is 51.3. The van der Waals surface area contributed by atoms with Gasteiger partial charge in [0.25, 0.3) is 0 Å². The Labute approximate surface area is 260 Å². The van der Waals surface area contributed by atoms with Crippen molar-refractivity contribution in [1.82, 2.24) is 15.0 Å². The first-order chi connectivity index (χ1) is 22.3. The summed E-state index contributed by atoms with van der Waals surface area (Å²) in [7, 11) is 0. The van der Waals surface area contributed by atoms with E-state index < -0.39 is 5.41 Å². The molecule has 0 saturated heterocycles. The fourth-order valence-corrected chi connectivity index (χ4v) is 6.72. The topological polar surface area (TPSA) is 57.1 Å². The van der Waals surface area contributed by atoms with Gasteiger partial charge in [-0.2, -0.15) is 0 Å².